The van der Waals surface area contributed by atoms with E-state index in [-0.39, 0.29) is 18.3 Å². The number of pyridine rings is 1. The van der Waals surface area contributed by atoms with Gasteiger partial charge in [-0.1, -0.05) is 30.3 Å². The third-order valence-electron chi connectivity index (χ3n) is 7.40. The first-order chi connectivity index (χ1) is 17.4. The molecule has 0 amide bonds. The van der Waals surface area contributed by atoms with Gasteiger partial charge in [-0.2, -0.15) is 0 Å². The summed E-state index contributed by atoms with van der Waals surface area (Å²) in [4.78, 5) is 19.3. The predicted octanol–water partition coefficient (Wildman–Crippen LogP) is 5.69. The minimum absolute atomic E-state index is 0.0731. The predicted molar refractivity (Wildman–Crippen MR) is 141 cm³/mol. The molecular formula is C30H42N2O4. The number of benzene rings is 1. The molecule has 6 heteroatoms. The van der Waals surface area contributed by atoms with Crippen molar-refractivity contribution in [3.05, 3.63) is 64.5 Å². The molecule has 0 saturated carbocycles. The van der Waals surface area contributed by atoms with Crippen LogP contribution in [0, 0.1) is 0 Å². The second-order valence-corrected chi connectivity index (χ2v) is 10.5. The van der Waals surface area contributed by atoms with E-state index in [9.17, 15) is 9.90 Å². The van der Waals surface area contributed by atoms with Gasteiger partial charge in [0, 0.05) is 31.1 Å². The first-order valence-electron chi connectivity index (χ1n) is 13.7. The number of unbranched alkanes of at least 4 members (excludes halogenated alkanes) is 1. The minimum atomic E-state index is -0.822. The number of carbonyl (C=O) groups is 1. The van der Waals surface area contributed by atoms with Crippen molar-refractivity contribution in [2.45, 2.75) is 96.5 Å². The maximum atomic E-state index is 12.4. The molecule has 0 spiro atoms. The summed E-state index contributed by atoms with van der Waals surface area (Å²) in [5, 5.41) is 10.2. The second-order valence-electron chi connectivity index (χ2n) is 10.5. The van der Waals surface area contributed by atoms with Gasteiger partial charge in [0.05, 0.1) is 18.3 Å². The fourth-order valence-corrected chi connectivity index (χ4v) is 5.65. The fraction of sp³-hybridized carbons (Fsp3) is 0.600. The number of aliphatic carboxylic acids is 1. The summed E-state index contributed by atoms with van der Waals surface area (Å²) in [7, 11) is 0. The van der Waals surface area contributed by atoms with E-state index in [0.29, 0.717) is 19.7 Å². The lowest BCUT2D eigenvalue weighted by Gasteiger charge is -2.28. The van der Waals surface area contributed by atoms with E-state index in [4.69, 9.17) is 14.5 Å². The molecule has 2 aliphatic rings. The zero-order chi connectivity index (χ0) is 25.5. The van der Waals surface area contributed by atoms with Gasteiger partial charge in [0.1, 0.15) is 6.04 Å². The van der Waals surface area contributed by atoms with E-state index in [1.54, 1.807) is 0 Å². The number of hydrogen-bond donors (Lipinski definition) is 1. The van der Waals surface area contributed by atoms with Gasteiger partial charge in [0.15, 0.2) is 0 Å². The van der Waals surface area contributed by atoms with Crippen molar-refractivity contribution < 1.29 is 19.4 Å². The number of rotatable bonds is 12. The molecule has 1 aromatic heterocycles. The Labute approximate surface area is 216 Å². The maximum Gasteiger partial charge on any atom is 0.325 e. The van der Waals surface area contributed by atoms with Crippen LogP contribution in [0.25, 0.3) is 0 Å². The number of nitrogens with zero attached hydrogens (tertiary/aromatic N) is 2. The molecule has 1 N–H and O–H groups in total. The summed E-state index contributed by atoms with van der Waals surface area (Å²) in [5.74, 6) is -0.822. The molecule has 1 saturated heterocycles. The van der Waals surface area contributed by atoms with Crippen LogP contribution in [0.2, 0.25) is 0 Å². The first-order valence-corrected chi connectivity index (χ1v) is 13.7. The second kappa shape index (κ2) is 12.8. The average Bonchev–Trinajstić information content (AvgIpc) is 3.31. The Hall–Kier alpha value is -2.28. The largest absolute Gasteiger partial charge is 0.480 e. The van der Waals surface area contributed by atoms with Crippen LogP contribution in [-0.2, 0) is 33.5 Å². The molecule has 0 radical (unpaired) electrons. The van der Waals surface area contributed by atoms with E-state index in [1.807, 2.05) is 49.9 Å². The molecule has 2 aromatic rings. The van der Waals surface area contributed by atoms with Crippen molar-refractivity contribution in [2.24, 2.45) is 0 Å². The van der Waals surface area contributed by atoms with Crippen molar-refractivity contribution in [1.82, 2.24) is 9.88 Å². The molecule has 0 bridgehead atoms. The molecule has 4 rings (SSSR count). The summed E-state index contributed by atoms with van der Waals surface area (Å²) in [6, 6.07) is 11.6. The SMILES string of the molecule is CC(C)O[C@@H](C)c1ccccc1C(C(=O)O)N1CC[C@@H](OCCCCc2ccc3c(n2)CCCC3)C1. The number of likely N-dealkylation sites (tertiary alicyclic amines) is 1. The number of fused-ring (bicyclic) bond motifs is 1. The number of carboxylic acid groups (broad SMARTS) is 1. The lowest BCUT2D eigenvalue weighted by Crippen LogP contribution is -2.34. The highest BCUT2D eigenvalue weighted by Gasteiger charge is 2.35. The van der Waals surface area contributed by atoms with Crippen LogP contribution in [-0.4, -0.2) is 52.9 Å². The van der Waals surface area contributed by atoms with Crippen LogP contribution in [0.4, 0.5) is 0 Å². The van der Waals surface area contributed by atoms with Gasteiger partial charge >= 0.3 is 5.97 Å². The average molecular weight is 495 g/mol. The zero-order valence-electron chi connectivity index (χ0n) is 22.1. The number of ether oxygens (including phenoxy) is 2. The van der Waals surface area contributed by atoms with Crippen molar-refractivity contribution in [1.29, 1.82) is 0 Å². The van der Waals surface area contributed by atoms with Crippen LogP contribution in [0.15, 0.2) is 36.4 Å². The van der Waals surface area contributed by atoms with Gasteiger partial charge in [0.2, 0.25) is 0 Å². The lowest BCUT2D eigenvalue weighted by molar-refractivity contribution is -0.143. The van der Waals surface area contributed by atoms with Gasteiger partial charge in [0.25, 0.3) is 0 Å². The van der Waals surface area contributed by atoms with E-state index < -0.39 is 12.0 Å². The molecule has 196 valence electrons. The first kappa shape index (κ1) is 26.8. The van der Waals surface area contributed by atoms with Crippen LogP contribution < -0.4 is 0 Å². The van der Waals surface area contributed by atoms with Gasteiger partial charge in [-0.25, -0.2) is 0 Å². The maximum absolute atomic E-state index is 12.4. The van der Waals surface area contributed by atoms with E-state index >= 15 is 0 Å². The summed E-state index contributed by atoms with van der Waals surface area (Å²) in [6.07, 6.45) is 8.72. The monoisotopic (exact) mass is 494 g/mol. The molecule has 1 aliphatic heterocycles. The molecule has 1 aromatic carbocycles. The van der Waals surface area contributed by atoms with Crippen molar-refractivity contribution in [2.75, 3.05) is 19.7 Å². The van der Waals surface area contributed by atoms with Crippen LogP contribution in [0.5, 0.6) is 0 Å². The van der Waals surface area contributed by atoms with Crippen molar-refractivity contribution >= 4 is 5.97 Å². The van der Waals surface area contributed by atoms with Crippen LogP contribution >= 0.6 is 0 Å². The highest BCUT2D eigenvalue weighted by molar-refractivity contribution is 5.76. The Kier molecular flexibility index (Phi) is 9.52. The molecule has 36 heavy (non-hydrogen) atoms. The highest BCUT2D eigenvalue weighted by Crippen LogP contribution is 2.33. The molecule has 6 nitrogen and oxygen atoms in total. The van der Waals surface area contributed by atoms with Gasteiger partial charge < -0.3 is 14.6 Å². The summed E-state index contributed by atoms with van der Waals surface area (Å²) in [5.41, 5.74) is 5.69. The van der Waals surface area contributed by atoms with Crippen molar-refractivity contribution in [3.8, 4) is 0 Å². The van der Waals surface area contributed by atoms with Crippen LogP contribution in [0.1, 0.15) is 93.1 Å². The Bertz CT molecular complexity index is 1010. The van der Waals surface area contributed by atoms with Crippen molar-refractivity contribution in [3.63, 3.8) is 0 Å². The molecule has 1 aliphatic carbocycles. The third-order valence-corrected chi connectivity index (χ3v) is 7.40. The Morgan fingerprint density at radius 3 is 2.64 bits per heavy atom. The number of aryl methyl sites for hydroxylation is 3. The van der Waals surface area contributed by atoms with E-state index in [1.165, 1.54) is 36.2 Å². The summed E-state index contributed by atoms with van der Waals surface area (Å²) < 4.78 is 12.2. The zero-order valence-corrected chi connectivity index (χ0v) is 22.1. The molecule has 2 heterocycles. The number of carboxylic acids is 1. The Morgan fingerprint density at radius 2 is 1.86 bits per heavy atom. The summed E-state index contributed by atoms with van der Waals surface area (Å²) in [6.45, 7) is 8.05. The van der Waals surface area contributed by atoms with Gasteiger partial charge in [-0.3, -0.25) is 14.7 Å². The third kappa shape index (κ3) is 6.93. The Morgan fingerprint density at radius 1 is 1.08 bits per heavy atom. The Balaban J connectivity index is 1.26. The minimum Gasteiger partial charge on any atom is -0.480 e. The van der Waals surface area contributed by atoms with Gasteiger partial charge in [-0.05, 0) is 94.9 Å². The standard InChI is InChI=1S/C30H42N2O4/c1-21(2)36-22(3)26-12-5-6-13-27(26)29(30(33)34)32-18-17-25(20-32)35-19-9-8-11-24-16-15-23-10-4-7-14-28(23)31-24/h5-6,12-13,15-16,21-22,25,29H,4,7-11,14,17-20H2,1-3H3,(H,33,34)/t22-,25+,29?/m0/s1. The summed E-state index contributed by atoms with van der Waals surface area (Å²) >= 11 is 0. The van der Waals surface area contributed by atoms with Gasteiger partial charge in [-0.15, -0.1) is 0 Å². The quantitative estimate of drug-likeness (QED) is 0.383. The highest BCUT2D eigenvalue weighted by atomic mass is 16.5. The molecule has 1 fully saturated rings. The molecular weight excluding hydrogens is 452 g/mol. The topological polar surface area (TPSA) is 71.9 Å². The lowest BCUT2D eigenvalue weighted by atomic mass is 9.95. The number of aromatic nitrogens is 1. The fourth-order valence-electron chi connectivity index (χ4n) is 5.65. The smallest absolute Gasteiger partial charge is 0.325 e. The molecule has 1 unspecified atom stereocenters. The number of hydrogen-bond acceptors (Lipinski definition) is 5. The van der Waals surface area contributed by atoms with E-state index in [0.717, 1.165) is 43.2 Å². The molecule has 3 atom stereocenters. The van der Waals surface area contributed by atoms with Crippen LogP contribution in [0.3, 0.4) is 0 Å². The normalized spacial score (nSPS) is 19.8. The van der Waals surface area contributed by atoms with E-state index in [2.05, 4.69) is 12.1 Å².